The van der Waals surface area contributed by atoms with E-state index in [-0.39, 0.29) is 11.6 Å². The maximum Gasteiger partial charge on any atom is 0.129 e. The smallest absolute Gasteiger partial charge is 0.129 e. The van der Waals surface area contributed by atoms with Gasteiger partial charge in [0.05, 0.1) is 3.57 Å². The van der Waals surface area contributed by atoms with Gasteiger partial charge in [-0.2, -0.15) is 0 Å². The molecule has 1 N–H and O–H groups in total. The fourth-order valence-electron chi connectivity index (χ4n) is 1.19. The molecule has 0 aliphatic heterocycles. The van der Waals surface area contributed by atoms with Crippen LogP contribution in [0.3, 0.4) is 0 Å². The van der Waals surface area contributed by atoms with Crippen LogP contribution in [-0.2, 0) is 0 Å². The zero-order valence-corrected chi connectivity index (χ0v) is 10.3. The Morgan fingerprint density at radius 3 is 2.25 bits per heavy atom. The molecule has 2 nitrogen and oxygen atoms in total. The Kier molecular flexibility index (Phi) is 3.28. The SMILES string of the molecule is Oc1ccc(Oc2ccc(F)cc2)cc1I. The van der Waals surface area contributed by atoms with Gasteiger partial charge in [-0.3, -0.25) is 0 Å². The average molecular weight is 330 g/mol. The number of hydrogen-bond acceptors (Lipinski definition) is 2. The normalized spacial score (nSPS) is 10.1. The predicted octanol–water partition coefficient (Wildman–Crippen LogP) is 3.93. The molecule has 2 aromatic carbocycles. The lowest BCUT2D eigenvalue weighted by Crippen LogP contribution is -1.85. The summed E-state index contributed by atoms with van der Waals surface area (Å²) in [4.78, 5) is 0. The number of benzene rings is 2. The average Bonchev–Trinajstić information content (AvgIpc) is 2.27. The largest absolute Gasteiger partial charge is 0.507 e. The molecule has 0 aromatic heterocycles. The molecule has 2 rings (SSSR count). The lowest BCUT2D eigenvalue weighted by atomic mass is 10.3. The molecule has 0 heterocycles. The lowest BCUT2D eigenvalue weighted by Gasteiger charge is -2.06. The quantitative estimate of drug-likeness (QED) is 0.846. The standard InChI is InChI=1S/C12H8FIO2/c13-8-1-3-9(4-2-8)16-10-5-6-12(15)11(14)7-10/h1-7,15H. The van der Waals surface area contributed by atoms with Gasteiger partial charge in [0.25, 0.3) is 0 Å². The minimum Gasteiger partial charge on any atom is -0.507 e. The van der Waals surface area contributed by atoms with Gasteiger partial charge in [0.2, 0.25) is 0 Å². The van der Waals surface area contributed by atoms with E-state index < -0.39 is 0 Å². The van der Waals surface area contributed by atoms with E-state index in [1.165, 1.54) is 12.1 Å². The molecular weight excluding hydrogens is 322 g/mol. The summed E-state index contributed by atoms with van der Waals surface area (Å²) in [5, 5.41) is 9.33. The van der Waals surface area contributed by atoms with E-state index in [9.17, 15) is 9.50 Å². The van der Waals surface area contributed by atoms with Crippen molar-refractivity contribution < 1.29 is 14.2 Å². The van der Waals surface area contributed by atoms with Crippen LogP contribution in [0.15, 0.2) is 42.5 Å². The summed E-state index contributed by atoms with van der Waals surface area (Å²) in [6.07, 6.45) is 0. The molecule has 0 unspecified atom stereocenters. The van der Waals surface area contributed by atoms with Crippen molar-refractivity contribution in [1.29, 1.82) is 0 Å². The summed E-state index contributed by atoms with van der Waals surface area (Å²) < 4.78 is 18.8. The van der Waals surface area contributed by atoms with Crippen molar-refractivity contribution in [3.05, 3.63) is 51.9 Å². The topological polar surface area (TPSA) is 29.5 Å². The Labute approximate surface area is 106 Å². The molecule has 0 aliphatic rings. The van der Waals surface area contributed by atoms with Crippen molar-refractivity contribution in [2.45, 2.75) is 0 Å². The Morgan fingerprint density at radius 2 is 1.62 bits per heavy atom. The van der Waals surface area contributed by atoms with Gasteiger partial charge in [0, 0.05) is 0 Å². The first kappa shape index (κ1) is 11.2. The van der Waals surface area contributed by atoms with E-state index in [4.69, 9.17) is 4.74 Å². The van der Waals surface area contributed by atoms with E-state index in [1.807, 2.05) is 22.6 Å². The highest BCUT2D eigenvalue weighted by molar-refractivity contribution is 14.1. The van der Waals surface area contributed by atoms with E-state index in [0.717, 1.165) is 0 Å². The molecule has 16 heavy (non-hydrogen) atoms. The van der Waals surface area contributed by atoms with Gasteiger partial charge >= 0.3 is 0 Å². The second kappa shape index (κ2) is 4.69. The molecule has 0 spiro atoms. The van der Waals surface area contributed by atoms with Crippen molar-refractivity contribution >= 4 is 22.6 Å². The van der Waals surface area contributed by atoms with Crippen LogP contribution in [0.2, 0.25) is 0 Å². The molecular formula is C12H8FIO2. The Balaban J connectivity index is 2.20. The first-order chi connectivity index (χ1) is 7.65. The van der Waals surface area contributed by atoms with Crippen LogP contribution in [-0.4, -0.2) is 5.11 Å². The van der Waals surface area contributed by atoms with Gasteiger partial charge in [-0.1, -0.05) is 0 Å². The number of aromatic hydroxyl groups is 1. The Bertz CT molecular complexity index is 497. The predicted molar refractivity (Wildman–Crippen MR) is 67.3 cm³/mol. The lowest BCUT2D eigenvalue weighted by molar-refractivity contribution is 0.460. The zero-order chi connectivity index (χ0) is 11.5. The molecule has 0 saturated carbocycles. The van der Waals surface area contributed by atoms with Crippen LogP contribution < -0.4 is 4.74 Å². The van der Waals surface area contributed by atoms with E-state index >= 15 is 0 Å². The number of hydrogen-bond donors (Lipinski definition) is 1. The summed E-state index contributed by atoms with van der Waals surface area (Å²) in [6, 6.07) is 10.7. The van der Waals surface area contributed by atoms with Gasteiger partial charge in [-0.05, 0) is 65.1 Å². The zero-order valence-electron chi connectivity index (χ0n) is 8.15. The van der Waals surface area contributed by atoms with Gasteiger partial charge < -0.3 is 9.84 Å². The molecule has 0 bridgehead atoms. The highest BCUT2D eigenvalue weighted by Crippen LogP contribution is 2.27. The number of rotatable bonds is 2. The Morgan fingerprint density at radius 1 is 1.00 bits per heavy atom. The fourth-order valence-corrected chi connectivity index (χ4v) is 1.68. The van der Waals surface area contributed by atoms with Crippen LogP contribution in [0.1, 0.15) is 0 Å². The summed E-state index contributed by atoms with van der Waals surface area (Å²) in [6.45, 7) is 0. The highest BCUT2D eigenvalue weighted by Gasteiger charge is 2.01. The minimum atomic E-state index is -0.298. The monoisotopic (exact) mass is 330 g/mol. The molecule has 0 saturated heterocycles. The van der Waals surface area contributed by atoms with Gasteiger partial charge in [0.1, 0.15) is 23.1 Å². The van der Waals surface area contributed by atoms with E-state index in [1.54, 1.807) is 30.3 Å². The summed E-state index contributed by atoms with van der Waals surface area (Å²) in [5.41, 5.74) is 0. The van der Waals surface area contributed by atoms with Crippen LogP contribution in [0.5, 0.6) is 17.2 Å². The van der Waals surface area contributed by atoms with Crippen molar-refractivity contribution in [2.24, 2.45) is 0 Å². The molecule has 0 atom stereocenters. The first-order valence-corrected chi connectivity index (χ1v) is 5.65. The molecule has 4 heteroatoms. The minimum absolute atomic E-state index is 0.215. The summed E-state index contributed by atoms with van der Waals surface area (Å²) in [7, 11) is 0. The fraction of sp³-hybridized carbons (Fsp3) is 0. The van der Waals surface area contributed by atoms with Crippen molar-refractivity contribution in [1.82, 2.24) is 0 Å². The van der Waals surface area contributed by atoms with Gasteiger partial charge in [0.15, 0.2) is 0 Å². The molecule has 0 radical (unpaired) electrons. The number of phenols is 1. The van der Waals surface area contributed by atoms with Crippen LogP contribution >= 0.6 is 22.6 Å². The number of ether oxygens (including phenoxy) is 1. The third-order valence-electron chi connectivity index (χ3n) is 1.97. The third-order valence-corrected chi connectivity index (χ3v) is 2.83. The number of phenolic OH excluding ortho intramolecular Hbond substituents is 1. The first-order valence-electron chi connectivity index (χ1n) is 4.57. The highest BCUT2D eigenvalue weighted by atomic mass is 127. The molecule has 0 fully saturated rings. The Hall–Kier alpha value is -1.30. The van der Waals surface area contributed by atoms with Crippen LogP contribution in [0, 0.1) is 9.39 Å². The second-order valence-corrected chi connectivity index (χ2v) is 4.33. The molecule has 0 aliphatic carbocycles. The van der Waals surface area contributed by atoms with Gasteiger partial charge in [-0.25, -0.2) is 4.39 Å². The van der Waals surface area contributed by atoms with E-state index in [0.29, 0.717) is 15.1 Å². The molecule has 82 valence electrons. The van der Waals surface area contributed by atoms with Crippen LogP contribution in [0.4, 0.5) is 4.39 Å². The maximum atomic E-state index is 12.7. The third kappa shape index (κ3) is 2.63. The maximum absolute atomic E-state index is 12.7. The van der Waals surface area contributed by atoms with Crippen molar-refractivity contribution in [2.75, 3.05) is 0 Å². The second-order valence-electron chi connectivity index (χ2n) is 3.17. The van der Waals surface area contributed by atoms with Gasteiger partial charge in [-0.15, -0.1) is 0 Å². The molecule has 2 aromatic rings. The van der Waals surface area contributed by atoms with Crippen LogP contribution in [0.25, 0.3) is 0 Å². The van der Waals surface area contributed by atoms with E-state index in [2.05, 4.69) is 0 Å². The molecule has 0 amide bonds. The number of halogens is 2. The summed E-state index contributed by atoms with van der Waals surface area (Å²) in [5.74, 6) is 1.08. The van der Waals surface area contributed by atoms with Crippen molar-refractivity contribution in [3.63, 3.8) is 0 Å². The van der Waals surface area contributed by atoms with Crippen molar-refractivity contribution in [3.8, 4) is 17.2 Å². The summed E-state index contributed by atoms with van der Waals surface area (Å²) >= 11 is 2.01.